The Labute approximate surface area is 91.5 Å². The van der Waals surface area contributed by atoms with Crippen molar-refractivity contribution in [3.05, 3.63) is 29.8 Å². The number of aromatic hydroxyl groups is 1. The highest BCUT2D eigenvalue weighted by atomic mass is 16.3. The predicted molar refractivity (Wildman–Crippen MR) is 62.8 cm³/mol. The fraction of sp³-hybridized carbons (Fsp3) is 0.500. The van der Waals surface area contributed by atoms with E-state index in [4.69, 9.17) is 5.73 Å². The minimum atomic E-state index is 0.201. The van der Waals surface area contributed by atoms with Crippen LogP contribution in [0, 0.1) is 0 Å². The van der Waals surface area contributed by atoms with Gasteiger partial charge in [0.05, 0.1) is 0 Å². The zero-order valence-corrected chi connectivity index (χ0v) is 9.48. The van der Waals surface area contributed by atoms with Crippen molar-refractivity contribution in [3.63, 3.8) is 0 Å². The smallest absolute Gasteiger partial charge is 0.115 e. The first-order chi connectivity index (χ1) is 7.22. The quantitative estimate of drug-likeness (QED) is 0.775. The van der Waals surface area contributed by atoms with Gasteiger partial charge in [0.25, 0.3) is 0 Å². The lowest BCUT2D eigenvalue weighted by Crippen LogP contribution is -2.33. The lowest BCUT2D eigenvalue weighted by molar-refractivity contribution is 0.223. The first-order valence-electron chi connectivity index (χ1n) is 5.46. The highest BCUT2D eigenvalue weighted by molar-refractivity contribution is 5.29. The maximum atomic E-state index is 9.43. The van der Waals surface area contributed by atoms with E-state index in [1.54, 1.807) is 12.1 Å². The number of benzene rings is 1. The number of likely N-dealkylation sites (N-methyl/N-ethyl adjacent to an activating group) is 1. The normalized spacial score (nSPS) is 13.1. The Morgan fingerprint density at radius 3 is 2.47 bits per heavy atom. The molecular weight excluding hydrogens is 188 g/mol. The SMILES string of the molecule is CCN(CC)C(CN)c1cccc(O)c1. The molecule has 1 unspecified atom stereocenters. The van der Waals surface area contributed by atoms with Crippen LogP contribution in [0.15, 0.2) is 24.3 Å². The molecule has 0 bridgehead atoms. The van der Waals surface area contributed by atoms with Gasteiger partial charge in [0.1, 0.15) is 5.75 Å². The summed E-state index contributed by atoms with van der Waals surface area (Å²) in [6, 6.07) is 7.54. The highest BCUT2D eigenvalue weighted by Crippen LogP contribution is 2.22. The third-order valence-corrected chi connectivity index (χ3v) is 2.73. The molecule has 3 nitrogen and oxygen atoms in total. The molecule has 0 aromatic heterocycles. The van der Waals surface area contributed by atoms with Crippen molar-refractivity contribution >= 4 is 0 Å². The van der Waals surface area contributed by atoms with E-state index in [-0.39, 0.29) is 6.04 Å². The number of rotatable bonds is 5. The number of phenols is 1. The van der Waals surface area contributed by atoms with Crippen molar-refractivity contribution < 1.29 is 5.11 Å². The van der Waals surface area contributed by atoms with Gasteiger partial charge in [0.2, 0.25) is 0 Å². The van der Waals surface area contributed by atoms with Crippen LogP contribution in [-0.4, -0.2) is 29.6 Å². The van der Waals surface area contributed by atoms with Gasteiger partial charge in [-0.1, -0.05) is 26.0 Å². The number of hydrogen-bond donors (Lipinski definition) is 2. The van der Waals surface area contributed by atoms with Gasteiger partial charge in [0, 0.05) is 12.6 Å². The standard InChI is InChI=1S/C12H20N2O/c1-3-14(4-2)12(9-13)10-6-5-7-11(15)8-10/h5-8,12,15H,3-4,9,13H2,1-2H3. The summed E-state index contributed by atoms with van der Waals surface area (Å²) >= 11 is 0. The summed E-state index contributed by atoms with van der Waals surface area (Å²) < 4.78 is 0. The van der Waals surface area contributed by atoms with Crippen molar-refractivity contribution in [2.24, 2.45) is 5.73 Å². The maximum absolute atomic E-state index is 9.43. The van der Waals surface area contributed by atoms with Gasteiger partial charge in [-0.25, -0.2) is 0 Å². The van der Waals surface area contributed by atoms with E-state index < -0.39 is 0 Å². The van der Waals surface area contributed by atoms with Crippen LogP contribution >= 0.6 is 0 Å². The Hall–Kier alpha value is -1.06. The molecule has 0 aliphatic rings. The van der Waals surface area contributed by atoms with Gasteiger partial charge in [0.15, 0.2) is 0 Å². The first-order valence-corrected chi connectivity index (χ1v) is 5.46. The summed E-state index contributed by atoms with van der Waals surface area (Å²) in [4.78, 5) is 2.29. The van der Waals surface area contributed by atoms with Crippen LogP contribution in [0.4, 0.5) is 0 Å². The minimum absolute atomic E-state index is 0.201. The second kappa shape index (κ2) is 5.73. The molecule has 0 radical (unpaired) electrons. The summed E-state index contributed by atoms with van der Waals surface area (Å²) in [7, 11) is 0. The fourth-order valence-corrected chi connectivity index (χ4v) is 1.89. The van der Waals surface area contributed by atoms with E-state index >= 15 is 0 Å². The summed E-state index contributed by atoms with van der Waals surface area (Å²) in [6.07, 6.45) is 0. The second-order valence-electron chi connectivity index (χ2n) is 3.57. The van der Waals surface area contributed by atoms with Crippen LogP contribution < -0.4 is 5.73 Å². The molecule has 15 heavy (non-hydrogen) atoms. The molecule has 0 saturated carbocycles. The zero-order chi connectivity index (χ0) is 11.3. The second-order valence-corrected chi connectivity index (χ2v) is 3.57. The Kier molecular flexibility index (Phi) is 4.59. The maximum Gasteiger partial charge on any atom is 0.115 e. The Bertz CT molecular complexity index is 297. The van der Waals surface area contributed by atoms with E-state index in [0.29, 0.717) is 12.3 Å². The van der Waals surface area contributed by atoms with Crippen LogP contribution in [0.1, 0.15) is 25.5 Å². The summed E-state index contributed by atoms with van der Waals surface area (Å²) in [5, 5.41) is 9.43. The van der Waals surface area contributed by atoms with Gasteiger partial charge in [-0.3, -0.25) is 4.90 Å². The van der Waals surface area contributed by atoms with E-state index in [0.717, 1.165) is 18.7 Å². The average molecular weight is 208 g/mol. The van der Waals surface area contributed by atoms with E-state index in [9.17, 15) is 5.11 Å². The van der Waals surface area contributed by atoms with Crippen molar-refractivity contribution in [3.8, 4) is 5.75 Å². The molecule has 1 atom stereocenters. The number of phenolic OH excluding ortho intramolecular Hbond substituents is 1. The van der Waals surface area contributed by atoms with E-state index in [1.807, 2.05) is 12.1 Å². The average Bonchev–Trinajstić information content (AvgIpc) is 2.25. The molecule has 0 aliphatic heterocycles. The number of nitrogens with zero attached hydrogens (tertiary/aromatic N) is 1. The lowest BCUT2D eigenvalue weighted by Gasteiger charge is -2.28. The van der Waals surface area contributed by atoms with E-state index in [1.165, 1.54) is 0 Å². The van der Waals surface area contributed by atoms with Gasteiger partial charge < -0.3 is 10.8 Å². The molecule has 0 amide bonds. The van der Waals surface area contributed by atoms with E-state index in [2.05, 4.69) is 18.7 Å². The summed E-state index contributed by atoms with van der Waals surface area (Å²) in [5.74, 6) is 0.304. The molecule has 84 valence electrons. The van der Waals surface area contributed by atoms with Gasteiger partial charge in [-0.05, 0) is 30.8 Å². The molecular formula is C12H20N2O. The van der Waals surface area contributed by atoms with Gasteiger partial charge in [-0.2, -0.15) is 0 Å². The van der Waals surface area contributed by atoms with Crippen LogP contribution in [0.25, 0.3) is 0 Å². The van der Waals surface area contributed by atoms with Crippen LogP contribution in [-0.2, 0) is 0 Å². The van der Waals surface area contributed by atoms with Crippen LogP contribution in [0.5, 0.6) is 5.75 Å². The highest BCUT2D eigenvalue weighted by Gasteiger charge is 2.15. The molecule has 1 aromatic rings. The number of nitrogens with two attached hydrogens (primary N) is 1. The fourth-order valence-electron chi connectivity index (χ4n) is 1.89. The lowest BCUT2D eigenvalue weighted by atomic mass is 10.1. The summed E-state index contributed by atoms with van der Waals surface area (Å²) in [6.45, 7) is 6.75. The summed E-state index contributed by atoms with van der Waals surface area (Å²) in [5.41, 5.74) is 6.87. The molecule has 1 aromatic carbocycles. The Morgan fingerprint density at radius 1 is 1.33 bits per heavy atom. The molecule has 0 spiro atoms. The van der Waals surface area contributed by atoms with Crippen molar-refractivity contribution in [2.45, 2.75) is 19.9 Å². The predicted octanol–water partition coefficient (Wildman–Crippen LogP) is 1.73. The Morgan fingerprint density at radius 2 is 2.00 bits per heavy atom. The van der Waals surface area contributed by atoms with Gasteiger partial charge >= 0.3 is 0 Å². The zero-order valence-electron chi connectivity index (χ0n) is 9.48. The molecule has 1 rings (SSSR count). The molecule has 0 heterocycles. The molecule has 0 aliphatic carbocycles. The van der Waals surface area contributed by atoms with Crippen molar-refractivity contribution in [1.29, 1.82) is 0 Å². The Balaban J connectivity index is 2.90. The topological polar surface area (TPSA) is 49.5 Å². The number of hydrogen-bond acceptors (Lipinski definition) is 3. The molecule has 0 fully saturated rings. The van der Waals surface area contributed by atoms with Crippen LogP contribution in [0.3, 0.4) is 0 Å². The molecule has 3 N–H and O–H groups in total. The molecule has 3 heteroatoms. The van der Waals surface area contributed by atoms with Crippen molar-refractivity contribution in [2.75, 3.05) is 19.6 Å². The largest absolute Gasteiger partial charge is 0.508 e. The first kappa shape index (κ1) is 12.0. The minimum Gasteiger partial charge on any atom is -0.508 e. The third-order valence-electron chi connectivity index (χ3n) is 2.73. The van der Waals surface area contributed by atoms with Gasteiger partial charge in [-0.15, -0.1) is 0 Å². The monoisotopic (exact) mass is 208 g/mol. The third kappa shape index (κ3) is 2.94. The van der Waals surface area contributed by atoms with Crippen molar-refractivity contribution in [1.82, 2.24) is 4.90 Å². The molecule has 0 saturated heterocycles. The van der Waals surface area contributed by atoms with Crippen LogP contribution in [0.2, 0.25) is 0 Å².